The summed E-state index contributed by atoms with van der Waals surface area (Å²) in [5, 5.41) is 0.0657. The zero-order valence-corrected chi connectivity index (χ0v) is 12.7. The number of hydrogen-bond donors (Lipinski definition) is 1. The number of hydrogen-bond acceptors (Lipinski definition) is 4. The summed E-state index contributed by atoms with van der Waals surface area (Å²) in [7, 11) is 0. The SMILES string of the molecule is CCC(C)(C)CCc1cc(=O)oc2nc(C(F)F)[nH]c(=O)c12. The van der Waals surface area contributed by atoms with Crippen LogP contribution in [0.25, 0.3) is 11.1 Å². The highest BCUT2D eigenvalue weighted by atomic mass is 19.3. The van der Waals surface area contributed by atoms with E-state index in [1.165, 1.54) is 6.07 Å². The zero-order valence-electron chi connectivity index (χ0n) is 12.7. The summed E-state index contributed by atoms with van der Waals surface area (Å²) in [6.45, 7) is 6.22. The lowest BCUT2D eigenvalue weighted by Crippen LogP contribution is -2.18. The van der Waals surface area contributed by atoms with Crippen molar-refractivity contribution in [2.75, 3.05) is 0 Å². The third-order valence-corrected chi connectivity index (χ3v) is 3.95. The molecule has 22 heavy (non-hydrogen) atoms. The molecule has 0 aliphatic carbocycles. The summed E-state index contributed by atoms with van der Waals surface area (Å²) < 4.78 is 30.2. The van der Waals surface area contributed by atoms with E-state index in [4.69, 9.17) is 4.42 Å². The van der Waals surface area contributed by atoms with Gasteiger partial charge in [0.2, 0.25) is 5.71 Å². The number of aryl methyl sites for hydroxylation is 1. The second-order valence-electron chi connectivity index (χ2n) is 6.04. The van der Waals surface area contributed by atoms with Crippen LogP contribution in [0.2, 0.25) is 0 Å². The van der Waals surface area contributed by atoms with Gasteiger partial charge in [0.05, 0.1) is 0 Å². The van der Waals surface area contributed by atoms with Gasteiger partial charge in [0, 0.05) is 6.07 Å². The molecule has 7 heteroatoms. The average molecular weight is 312 g/mol. The van der Waals surface area contributed by atoms with Gasteiger partial charge in [-0.05, 0) is 23.8 Å². The molecule has 2 aromatic rings. The molecular weight excluding hydrogens is 294 g/mol. The van der Waals surface area contributed by atoms with E-state index < -0.39 is 23.4 Å². The minimum absolute atomic E-state index is 0.0471. The molecular formula is C15H18F2N2O3. The Hall–Kier alpha value is -2.05. The second kappa shape index (κ2) is 5.98. The molecule has 0 aliphatic rings. The summed E-state index contributed by atoms with van der Waals surface area (Å²) in [5.41, 5.74) is -1.23. The number of halogens is 2. The highest BCUT2D eigenvalue weighted by molar-refractivity contribution is 5.75. The van der Waals surface area contributed by atoms with Crippen LogP contribution in [0, 0.1) is 5.41 Å². The predicted molar refractivity (Wildman–Crippen MR) is 78.2 cm³/mol. The van der Waals surface area contributed by atoms with Crippen LogP contribution in [-0.4, -0.2) is 9.97 Å². The van der Waals surface area contributed by atoms with Crippen molar-refractivity contribution in [1.82, 2.24) is 9.97 Å². The van der Waals surface area contributed by atoms with Crippen molar-refractivity contribution in [1.29, 1.82) is 0 Å². The van der Waals surface area contributed by atoms with Gasteiger partial charge in [0.15, 0.2) is 5.82 Å². The quantitative estimate of drug-likeness (QED) is 0.920. The normalized spacial score (nSPS) is 12.3. The Balaban J connectivity index is 2.55. The molecule has 5 nitrogen and oxygen atoms in total. The first-order chi connectivity index (χ1) is 10.2. The fourth-order valence-electron chi connectivity index (χ4n) is 2.12. The van der Waals surface area contributed by atoms with Crippen molar-refractivity contribution in [2.45, 2.75) is 46.5 Å². The first kappa shape index (κ1) is 16.3. The molecule has 0 spiro atoms. The molecule has 0 radical (unpaired) electrons. The van der Waals surface area contributed by atoms with Gasteiger partial charge < -0.3 is 9.40 Å². The number of aromatic amines is 1. The number of aromatic nitrogens is 2. The summed E-state index contributed by atoms with van der Waals surface area (Å²) in [5.74, 6) is -0.799. The molecule has 2 rings (SSSR count). The van der Waals surface area contributed by atoms with Gasteiger partial charge in [0.25, 0.3) is 12.0 Å². The fraction of sp³-hybridized carbons (Fsp3) is 0.533. The summed E-state index contributed by atoms with van der Waals surface area (Å²) in [6, 6.07) is 1.23. The van der Waals surface area contributed by atoms with Crippen molar-refractivity contribution >= 4 is 11.1 Å². The van der Waals surface area contributed by atoms with Gasteiger partial charge in [-0.1, -0.05) is 27.2 Å². The number of nitrogens with zero attached hydrogens (tertiary/aromatic N) is 1. The van der Waals surface area contributed by atoms with Crippen LogP contribution < -0.4 is 11.2 Å². The van der Waals surface area contributed by atoms with Gasteiger partial charge in [0.1, 0.15) is 5.39 Å². The molecule has 2 heterocycles. The Morgan fingerprint density at radius 2 is 2.05 bits per heavy atom. The van der Waals surface area contributed by atoms with E-state index in [0.29, 0.717) is 12.0 Å². The minimum Gasteiger partial charge on any atom is -0.403 e. The van der Waals surface area contributed by atoms with Gasteiger partial charge in [-0.2, -0.15) is 4.98 Å². The van der Waals surface area contributed by atoms with Crippen molar-refractivity contribution in [3.63, 3.8) is 0 Å². The van der Waals surface area contributed by atoms with Gasteiger partial charge in [-0.15, -0.1) is 0 Å². The topological polar surface area (TPSA) is 76.0 Å². The van der Waals surface area contributed by atoms with Gasteiger partial charge >= 0.3 is 5.63 Å². The van der Waals surface area contributed by atoms with Gasteiger partial charge in [-0.25, -0.2) is 13.6 Å². The summed E-state index contributed by atoms with van der Waals surface area (Å²) in [6.07, 6.45) is -0.777. The summed E-state index contributed by atoms with van der Waals surface area (Å²) in [4.78, 5) is 29.2. The number of alkyl halides is 2. The number of rotatable bonds is 5. The highest BCUT2D eigenvalue weighted by Gasteiger charge is 2.20. The molecule has 0 aromatic carbocycles. The maximum absolute atomic E-state index is 12.7. The molecule has 0 bridgehead atoms. The lowest BCUT2D eigenvalue weighted by Gasteiger charge is -2.22. The van der Waals surface area contributed by atoms with E-state index in [0.717, 1.165) is 12.8 Å². The molecule has 0 aliphatic heterocycles. The Labute approximate surface area is 125 Å². The molecule has 0 saturated carbocycles. The predicted octanol–water partition coefficient (Wildman–Crippen LogP) is 3.18. The molecule has 2 aromatic heterocycles. The van der Waals surface area contributed by atoms with E-state index in [2.05, 4.69) is 25.8 Å². The Morgan fingerprint density at radius 1 is 1.36 bits per heavy atom. The van der Waals surface area contributed by atoms with Crippen molar-refractivity contribution in [3.8, 4) is 0 Å². The molecule has 0 amide bonds. The average Bonchev–Trinajstić information content (AvgIpc) is 2.44. The maximum Gasteiger partial charge on any atom is 0.337 e. The molecule has 0 unspecified atom stereocenters. The third-order valence-electron chi connectivity index (χ3n) is 3.95. The third kappa shape index (κ3) is 3.40. The molecule has 0 saturated heterocycles. The van der Waals surface area contributed by atoms with Gasteiger partial charge in [-0.3, -0.25) is 4.79 Å². The van der Waals surface area contributed by atoms with Crippen molar-refractivity contribution in [3.05, 3.63) is 38.2 Å². The molecule has 1 N–H and O–H groups in total. The summed E-state index contributed by atoms with van der Waals surface area (Å²) >= 11 is 0. The lowest BCUT2D eigenvalue weighted by atomic mass is 9.84. The van der Waals surface area contributed by atoms with Crippen molar-refractivity contribution in [2.24, 2.45) is 5.41 Å². The molecule has 120 valence electrons. The van der Waals surface area contributed by atoms with Crippen LogP contribution in [0.5, 0.6) is 0 Å². The number of H-pyrrole nitrogens is 1. The van der Waals surface area contributed by atoms with Crippen LogP contribution in [0.1, 0.15) is 51.4 Å². The van der Waals surface area contributed by atoms with Crippen LogP contribution >= 0.6 is 0 Å². The van der Waals surface area contributed by atoms with Crippen LogP contribution in [-0.2, 0) is 6.42 Å². The molecule has 0 atom stereocenters. The highest BCUT2D eigenvalue weighted by Crippen LogP contribution is 2.27. The monoisotopic (exact) mass is 312 g/mol. The fourth-order valence-corrected chi connectivity index (χ4v) is 2.12. The lowest BCUT2D eigenvalue weighted by molar-refractivity contribution is 0.140. The second-order valence-corrected chi connectivity index (χ2v) is 6.04. The standard InChI is InChI=1S/C15H18F2N2O3/c1-4-15(2,3)6-5-8-7-9(20)22-14-10(8)13(21)18-12(19-14)11(16)17/h7,11H,4-6H2,1-3H3,(H,18,19,21). The van der Waals surface area contributed by atoms with Crippen molar-refractivity contribution < 1.29 is 13.2 Å². The first-order valence-corrected chi connectivity index (χ1v) is 7.08. The van der Waals surface area contributed by atoms with Crippen LogP contribution in [0.3, 0.4) is 0 Å². The van der Waals surface area contributed by atoms with E-state index >= 15 is 0 Å². The zero-order chi connectivity index (χ0) is 16.5. The van der Waals surface area contributed by atoms with E-state index in [1.54, 1.807) is 0 Å². The molecule has 0 fully saturated rings. The Morgan fingerprint density at radius 3 is 2.64 bits per heavy atom. The largest absolute Gasteiger partial charge is 0.403 e. The smallest absolute Gasteiger partial charge is 0.337 e. The Kier molecular flexibility index (Phi) is 4.44. The maximum atomic E-state index is 12.7. The first-order valence-electron chi connectivity index (χ1n) is 7.08. The minimum atomic E-state index is -2.94. The van der Waals surface area contributed by atoms with Crippen LogP contribution in [0.4, 0.5) is 8.78 Å². The van der Waals surface area contributed by atoms with E-state index in [1.807, 2.05) is 4.98 Å². The number of nitrogens with one attached hydrogen (secondary N) is 1. The van der Waals surface area contributed by atoms with E-state index in [-0.39, 0.29) is 16.5 Å². The van der Waals surface area contributed by atoms with Crippen LogP contribution in [0.15, 0.2) is 20.1 Å². The Bertz CT molecular complexity index is 793. The van der Waals surface area contributed by atoms with E-state index in [9.17, 15) is 18.4 Å². The number of fused-ring (bicyclic) bond motifs is 1.